The molecule has 2 aromatic carbocycles. The molecular weight excluding hydrogens is 406 g/mol. The van der Waals surface area contributed by atoms with Crippen LogP contribution in [0.1, 0.15) is 23.8 Å². The van der Waals surface area contributed by atoms with Gasteiger partial charge in [0.25, 0.3) is 0 Å². The van der Waals surface area contributed by atoms with Crippen molar-refractivity contribution in [3.05, 3.63) is 83.7 Å². The molecule has 0 atom stereocenters. The van der Waals surface area contributed by atoms with Gasteiger partial charge in [-0.15, -0.1) is 0 Å². The molecule has 0 unspecified atom stereocenters. The number of halogens is 2. The van der Waals surface area contributed by atoms with E-state index >= 15 is 0 Å². The first-order valence-electron chi connectivity index (χ1n) is 9.57. The Hall–Kier alpha value is -3.81. The van der Waals surface area contributed by atoms with Gasteiger partial charge in [0.15, 0.2) is 11.7 Å². The maximum Gasteiger partial charge on any atom is 0.306 e. The van der Waals surface area contributed by atoms with Gasteiger partial charge >= 0.3 is 5.97 Å². The first-order chi connectivity index (χ1) is 15.0. The van der Waals surface area contributed by atoms with Crippen molar-refractivity contribution in [1.29, 1.82) is 0 Å². The fourth-order valence-electron chi connectivity index (χ4n) is 2.97. The van der Waals surface area contributed by atoms with E-state index in [1.807, 2.05) is 30.3 Å². The number of esters is 1. The number of aromatic nitrogens is 2. The maximum absolute atomic E-state index is 13.8. The average molecular weight is 424 g/mol. The summed E-state index contributed by atoms with van der Waals surface area (Å²) in [6.07, 6.45) is 1.34. The van der Waals surface area contributed by atoms with Crippen molar-refractivity contribution in [2.24, 2.45) is 0 Å². The Morgan fingerprint density at radius 3 is 2.52 bits per heavy atom. The van der Waals surface area contributed by atoms with Crippen molar-refractivity contribution in [1.82, 2.24) is 9.97 Å². The van der Waals surface area contributed by atoms with E-state index in [-0.39, 0.29) is 36.7 Å². The van der Waals surface area contributed by atoms with Crippen molar-refractivity contribution in [2.75, 3.05) is 0 Å². The number of carbonyl (C=O) groups excluding carboxylic acids is 1. The highest BCUT2D eigenvalue weighted by Crippen LogP contribution is 2.27. The predicted molar refractivity (Wildman–Crippen MR) is 107 cm³/mol. The SMILES string of the molecule is Cc1oc(-c2ccccc2)nc1COC(=O)CCc1ncc(-c2c(F)cccc2F)o1. The fraction of sp³-hybridized carbons (Fsp3) is 0.174. The number of hydrogen-bond acceptors (Lipinski definition) is 6. The molecule has 0 bridgehead atoms. The smallest absolute Gasteiger partial charge is 0.306 e. The van der Waals surface area contributed by atoms with Gasteiger partial charge in [0.1, 0.15) is 29.7 Å². The van der Waals surface area contributed by atoms with Crippen LogP contribution in [-0.2, 0) is 22.6 Å². The number of aryl methyl sites for hydroxylation is 2. The van der Waals surface area contributed by atoms with E-state index in [9.17, 15) is 13.6 Å². The summed E-state index contributed by atoms with van der Waals surface area (Å²) >= 11 is 0. The molecule has 4 rings (SSSR count). The Morgan fingerprint density at radius 2 is 1.77 bits per heavy atom. The largest absolute Gasteiger partial charge is 0.459 e. The van der Waals surface area contributed by atoms with Gasteiger partial charge in [0.05, 0.1) is 18.2 Å². The van der Waals surface area contributed by atoms with Gasteiger partial charge in [0.2, 0.25) is 5.89 Å². The summed E-state index contributed by atoms with van der Waals surface area (Å²) in [5.41, 5.74) is 1.06. The molecule has 0 amide bonds. The van der Waals surface area contributed by atoms with Crippen LogP contribution >= 0.6 is 0 Å². The normalized spacial score (nSPS) is 10.9. The summed E-state index contributed by atoms with van der Waals surface area (Å²) in [7, 11) is 0. The molecule has 2 aromatic heterocycles. The fourth-order valence-corrected chi connectivity index (χ4v) is 2.97. The van der Waals surface area contributed by atoms with Gasteiger partial charge in [-0.1, -0.05) is 24.3 Å². The van der Waals surface area contributed by atoms with E-state index in [0.717, 1.165) is 17.7 Å². The number of rotatable bonds is 7. The van der Waals surface area contributed by atoms with Crippen LogP contribution in [0.15, 0.2) is 63.6 Å². The third-order valence-electron chi connectivity index (χ3n) is 4.59. The summed E-state index contributed by atoms with van der Waals surface area (Å²) in [4.78, 5) is 20.5. The summed E-state index contributed by atoms with van der Waals surface area (Å²) in [6, 6.07) is 12.9. The summed E-state index contributed by atoms with van der Waals surface area (Å²) < 4.78 is 44.0. The Labute approximate surface area is 176 Å². The lowest BCUT2D eigenvalue weighted by Crippen LogP contribution is -2.06. The van der Waals surface area contributed by atoms with E-state index in [4.69, 9.17) is 13.6 Å². The minimum Gasteiger partial charge on any atom is -0.459 e. The molecule has 2 heterocycles. The van der Waals surface area contributed by atoms with Gasteiger partial charge in [-0.25, -0.2) is 18.7 Å². The Kier molecular flexibility index (Phi) is 5.88. The van der Waals surface area contributed by atoms with Crippen LogP contribution in [0.4, 0.5) is 8.78 Å². The van der Waals surface area contributed by atoms with Gasteiger partial charge in [-0.2, -0.15) is 0 Å². The molecule has 0 aliphatic carbocycles. The van der Waals surface area contributed by atoms with Crippen LogP contribution in [0.5, 0.6) is 0 Å². The molecule has 0 saturated carbocycles. The van der Waals surface area contributed by atoms with Crippen molar-refractivity contribution in [2.45, 2.75) is 26.4 Å². The van der Waals surface area contributed by atoms with E-state index < -0.39 is 17.6 Å². The standard InChI is InChI=1S/C23H18F2N2O4/c1-14-18(27-23(30-14)15-6-3-2-4-7-15)13-29-21(28)11-10-20-26-12-19(31-20)22-16(24)8-5-9-17(22)25/h2-9,12H,10-11,13H2,1H3. The number of benzene rings is 2. The topological polar surface area (TPSA) is 78.4 Å². The molecule has 0 N–H and O–H groups in total. The third-order valence-corrected chi connectivity index (χ3v) is 4.59. The van der Waals surface area contributed by atoms with E-state index in [2.05, 4.69) is 9.97 Å². The van der Waals surface area contributed by atoms with Gasteiger partial charge in [0, 0.05) is 12.0 Å². The van der Waals surface area contributed by atoms with Gasteiger partial charge < -0.3 is 13.6 Å². The molecule has 0 saturated heterocycles. The predicted octanol–water partition coefficient (Wildman–Crippen LogP) is 5.26. The maximum atomic E-state index is 13.8. The van der Waals surface area contributed by atoms with Crippen LogP contribution in [-0.4, -0.2) is 15.9 Å². The Bertz CT molecular complexity index is 1180. The van der Waals surface area contributed by atoms with Gasteiger partial charge in [-0.05, 0) is 31.2 Å². The van der Waals surface area contributed by atoms with Crippen LogP contribution in [0, 0.1) is 18.6 Å². The minimum atomic E-state index is -0.750. The lowest BCUT2D eigenvalue weighted by molar-refractivity contribution is -0.145. The second-order valence-corrected chi connectivity index (χ2v) is 6.76. The van der Waals surface area contributed by atoms with Crippen molar-refractivity contribution >= 4 is 5.97 Å². The molecule has 4 aromatic rings. The summed E-state index contributed by atoms with van der Waals surface area (Å²) in [6.45, 7) is 1.72. The summed E-state index contributed by atoms with van der Waals surface area (Å²) in [5.74, 6) is -0.822. The highest BCUT2D eigenvalue weighted by atomic mass is 19.1. The lowest BCUT2D eigenvalue weighted by atomic mass is 10.1. The molecular formula is C23H18F2N2O4. The first-order valence-corrected chi connectivity index (χ1v) is 9.57. The Morgan fingerprint density at radius 1 is 1.03 bits per heavy atom. The van der Waals surface area contributed by atoms with E-state index in [1.54, 1.807) is 6.92 Å². The second-order valence-electron chi connectivity index (χ2n) is 6.76. The number of ether oxygens (including phenoxy) is 1. The molecule has 0 radical (unpaired) electrons. The highest BCUT2D eigenvalue weighted by Gasteiger charge is 2.17. The zero-order valence-corrected chi connectivity index (χ0v) is 16.6. The van der Waals surface area contributed by atoms with Gasteiger partial charge in [-0.3, -0.25) is 4.79 Å². The quantitative estimate of drug-likeness (QED) is 0.377. The van der Waals surface area contributed by atoms with Crippen molar-refractivity contribution in [3.63, 3.8) is 0 Å². The monoisotopic (exact) mass is 424 g/mol. The molecule has 0 fully saturated rings. The average Bonchev–Trinajstić information content (AvgIpc) is 3.38. The molecule has 6 nitrogen and oxygen atoms in total. The number of nitrogens with zero attached hydrogens (tertiary/aromatic N) is 2. The van der Waals surface area contributed by atoms with E-state index in [0.29, 0.717) is 17.3 Å². The summed E-state index contributed by atoms with van der Waals surface area (Å²) in [5, 5.41) is 0. The third kappa shape index (κ3) is 4.69. The number of hydrogen-bond donors (Lipinski definition) is 0. The Balaban J connectivity index is 1.33. The first kappa shape index (κ1) is 20.5. The molecule has 158 valence electrons. The van der Waals surface area contributed by atoms with E-state index in [1.165, 1.54) is 12.3 Å². The second kappa shape index (κ2) is 8.91. The lowest BCUT2D eigenvalue weighted by Gasteiger charge is -2.02. The molecule has 31 heavy (non-hydrogen) atoms. The van der Waals surface area contributed by atoms with Crippen LogP contribution in [0.2, 0.25) is 0 Å². The van der Waals surface area contributed by atoms with Crippen LogP contribution in [0.25, 0.3) is 22.8 Å². The van der Waals surface area contributed by atoms with Crippen molar-refractivity contribution < 1.29 is 27.1 Å². The van der Waals surface area contributed by atoms with Crippen LogP contribution < -0.4 is 0 Å². The number of carbonyl (C=O) groups is 1. The minimum absolute atomic E-state index is 0.0118. The number of oxazole rings is 2. The van der Waals surface area contributed by atoms with Crippen LogP contribution in [0.3, 0.4) is 0 Å². The molecule has 0 aliphatic rings. The molecule has 0 spiro atoms. The zero-order chi connectivity index (χ0) is 21.8. The van der Waals surface area contributed by atoms with Crippen molar-refractivity contribution in [3.8, 4) is 22.8 Å². The molecule has 0 aliphatic heterocycles. The zero-order valence-electron chi connectivity index (χ0n) is 16.6. The molecule has 8 heteroatoms. The highest BCUT2D eigenvalue weighted by molar-refractivity contribution is 5.69.